The lowest BCUT2D eigenvalue weighted by Crippen LogP contribution is -1.84. The van der Waals surface area contributed by atoms with Crippen molar-refractivity contribution in [3.63, 3.8) is 0 Å². The quantitative estimate of drug-likeness (QED) is 0.687. The lowest BCUT2D eigenvalue weighted by Gasteiger charge is -1.99. The van der Waals surface area contributed by atoms with E-state index < -0.39 is 0 Å². The van der Waals surface area contributed by atoms with Crippen LogP contribution in [0.25, 0.3) is 10.9 Å². The minimum absolute atomic E-state index is 0.0748. The van der Waals surface area contributed by atoms with E-state index in [1.54, 1.807) is 6.07 Å². The van der Waals surface area contributed by atoms with E-state index in [0.717, 1.165) is 0 Å². The van der Waals surface area contributed by atoms with Crippen LogP contribution in [-0.4, -0.2) is 15.1 Å². The van der Waals surface area contributed by atoms with Gasteiger partial charge in [0.15, 0.2) is 5.15 Å². The molecule has 0 amide bonds. The average molecular weight is 215 g/mol. The summed E-state index contributed by atoms with van der Waals surface area (Å²) in [5.41, 5.74) is 0.531. The molecule has 0 aliphatic carbocycles. The molecule has 0 aliphatic heterocycles. The molecule has 0 saturated heterocycles. The summed E-state index contributed by atoms with van der Waals surface area (Å²) in [4.78, 5) is 7.74. The van der Waals surface area contributed by atoms with Crippen molar-refractivity contribution in [1.29, 1.82) is 0 Å². The first-order chi connectivity index (χ1) is 6.16. The van der Waals surface area contributed by atoms with Crippen molar-refractivity contribution in [3.8, 4) is 5.75 Å². The molecule has 13 heavy (non-hydrogen) atoms. The van der Waals surface area contributed by atoms with E-state index in [9.17, 15) is 0 Å². The number of aromatic hydroxyl groups is 1. The van der Waals surface area contributed by atoms with Gasteiger partial charge in [-0.15, -0.1) is 0 Å². The van der Waals surface area contributed by atoms with Crippen molar-refractivity contribution in [2.75, 3.05) is 0 Å². The standard InChI is InChI=1S/C8H4Cl2N2O/c9-6-2-4-1-5(13)3-11-7(4)8(10)12-6/h1-3,13H. The van der Waals surface area contributed by atoms with E-state index >= 15 is 0 Å². The molecule has 5 heteroatoms. The Hall–Kier alpha value is -1.06. The number of aromatic nitrogens is 2. The highest BCUT2D eigenvalue weighted by atomic mass is 35.5. The molecule has 66 valence electrons. The molecule has 0 spiro atoms. The Labute approximate surface area is 84.0 Å². The summed E-state index contributed by atoms with van der Waals surface area (Å²) < 4.78 is 0. The SMILES string of the molecule is Oc1cnc2c(Cl)nc(Cl)cc2c1. The molecule has 0 unspecified atom stereocenters. The van der Waals surface area contributed by atoms with Crippen molar-refractivity contribution in [3.05, 3.63) is 28.6 Å². The van der Waals surface area contributed by atoms with Crippen molar-refractivity contribution in [1.82, 2.24) is 9.97 Å². The van der Waals surface area contributed by atoms with E-state index in [2.05, 4.69) is 9.97 Å². The number of hydrogen-bond acceptors (Lipinski definition) is 3. The second-order valence-electron chi connectivity index (χ2n) is 2.50. The first-order valence-electron chi connectivity index (χ1n) is 3.47. The Bertz CT molecular complexity index is 468. The van der Waals surface area contributed by atoms with Crippen LogP contribution in [0.15, 0.2) is 18.3 Å². The monoisotopic (exact) mass is 214 g/mol. The highest BCUT2D eigenvalue weighted by molar-refractivity contribution is 6.36. The number of pyridine rings is 2. The molecule has 2 aromatic rings. The molecule has 0 radical (unpaired) electrons. The van der Waals surface area contributed by atoms with Crippen molar-refractivity contribution < 1.29 is 5.11 Å². The van der Waals surface area contributed by atoms with Gasteiger partial charge in [0, 0.05) is 5.39 Å². The van der Waals surface area contributed by atoms with Crippen LogP contribution < -0.4 is 0 Å². The van der Waals surface area contributed by atoms with E-state index in [1.807, 2.05) is 0 Å². The third-order valence-electron chi connectivity index (χ3n) is 1.58. The van der Waals surface area contributed by atoms with E-state index in [0.29, 0.717) is 10.9 Å². The molecule has 0 bridgehead atoms. The van der Waals surface area contributed by atoms with Gasteiger partial charge in [0.1, 0.15) is 16.4 Å². The van der Waals surface area contributed by atoms with Crippen LogP contribution in [-0.2, 0) is 0 Å². The molecular formula is C8H4Cl2N2O. The summed E-state index contributed by atoms with van der Waals surface area (Å²) in [5.74, 6) is 0.0748. The number of nitrogens with zero attached hydrogens (tertiary/aromatic N) is 2. The molecule has 1 N–H and O–H groups in total. The zero-order valence-electron chi connectivity index (χ0n) is 6.33. The molecule has 0 aromatic carbocycles. The number of fused-ring (bicyclic) bond motifs is 1. The zero-order chi connectivity index (χ0) is 9.42. The van der Waals surface area contributed by atoms with Crippen molar-refractivity contribution in [2.45, 2.75) is 0 Å². The molecule has 2 heterocycles. The lowest BCUT2D eigenvalue weighted by atomic mass is 10.2. The number of rotatable bonds is 0. The normalized spacial score (nSPS) is 10.6. The van der Waals surface area contributed by atoms with Gasteiger partial charge < -0.3 is 5.11 Å². The summed E-state index contributed by atoms with van der Waals surface area (Å²) in [6, 6.07) is 3.12. The van der Waals surface area contributed by atoms with Gasteiger partial charge >= 0.3 is 0 Å². The Kier molecular flexibility index (Phi) is 1.98. The Morgan fingerprint density at radius 1 is 1.23 bits per heavy atom. The first kappa shape index (κ1) is 8.53. The van der Waals surface area contributed by atoms with Crippen LogP contribution in [0.5, 0.6) is 5.75 Å². The topological polar surface area (TPSA) is 46.0 Å². The van der Waals surface area contributed by atoms with E-state index in [1.165, 1.54) is 12.3 Å². The molecule has 0 fully saturated rings. The molecular weight excluding hydrogens is 211 g/mol. The van der Waals surface area contributed by atoms with Crippen LogP contribution in [0.4, 0.5) is 0 Å². The van der Waals surface area contributed by atoms with Crippen LogP contribution in [0, 0.1) is 0 Å². The molecule has 0 saturated carbocycles. The van der Waals surface area contributed by atoms with Crippen molar-refractivity contribution >= 4 is 34.1 Å². The summed E-state index contributed by atoms with van der Waals surface area (Å²) in [6.45, 7) is 0. The summed E-state index contributed by atoms with van der Waals surface area (Å²) >= 11 is 11.4. The average Bonchev–Trinajstić information content (AvgIpc) is 2.02. The largest absolute Gasteiger partial charge is 0.506 e. The molecule has 0 aliphatic rings. The van der Waals surface area contributed by atoms with Gasteiger partial charge in [-0.3, -0.25) is 0 Å². The summed E-state index contributed by atoms with van der Waals surface area (Å²) in [5, 5.41) is 10.3. The Morgan fingerprint density at radius 3 is 2.77 bits per heavy atom. The smallest absolute Gasteiger partial charge is 0.157 e. The van der Waals surface area contributed by atoms with Crippen LogP contribution >= 0.6 is 23.2 Å². The third kappa shape index (κ3) is 1.53. The van der Waals surface area contributed by atoms with Crippen LogP contribution in [0.1, 0.15) is 0 Å². The zero-order valence-corrected chi connectivity index (χ0v) is 7.84. The van der Waals surface area contributed by atoms with Gasteiger partial charge in [0.25, 0.3) is 0 Å². The maximum atomic E-state index is 9.14. The minimum atomic E-state index is 0.0748. The van der Waals surface area contributed by atoms with Gasteiger partial charge in [-0.2, -0.15) is 0 Å². The maximum Gasteiger partial charge on any atom is 0.157 e. The summed E-state index contributed by atoms with van der Waals surface area (Å²) in [6.07, 6.45) is 1.31. The second-order valence-corrected chi connectivity index (χ2v) is 3.25. The van der Waals surface area contributed by atoms with E-state index in [-0.39, 0.29) is 16.1 Å². The fourth-order valence-electron chi connectivity index (χ4n) is 1.06. The van der Waals surface area contributed by atoms with Gasteiger partial charge in [-0.25, -0.2) is 9.97 Å². The lowest BCUT2D eigenvalue weighted by molar-refractivity contribution is 0.474. The highest BCUT2D eigenvalue weighted by Crippen LogP contribution is 2.24. The van der Waals surface area contributed by atoms with Gasteiger partial charge in [0.2, 0.25) is 0 Å². The predicted octanol–water partition coefficient (Wildman–Crippen LogP) is 2.64. The van der Waals surface area contributed by atoms with Gasteiger partial charge in [-0.05, 0) is 12.1 Å². The van der Waals surface area contributed by atoms with Crippen LogP contribution in [0.3, 0.4) is 0 Å². The van der Waals surface area contributed by atoms with E-state index in [4.69, 9.17) is 28.3 Å². The Balaban J connectivity index is 2.86. The molecule has 0 atom stereocenters. The Morgan fingerprint density at radius 2 is 2.00 bits per heavy atom. The number of hydrogen-bond donors (Lipinski definition) is 1. The molecule has 3 nitrogen and oxygen atoms in total. The number of halogens is 2. The second kappa shape index (κ2) is 3.01. The predicted molar refractivity (Wildman–Crippen MR) is 51.2 cm³/mol. The fourth-order valence-corrected chi connectivity index (χ4v) is 1.55. The molecule has 2 rings (SSSR count). The summed E-state index contributed by atoms with van der Waals surface area (Å²) in [7, 11) is 0. The maximum absolute atomic E-state index is 9.14. The molecule has 2 aromatic heterocycles. The first-order valence-corrected chi connectivity index (χ1v) is 4.23. The fraction of sp³-hybridized carbons (Fsp3) is 0. The van der Waals surface area contributed by atoms with Crippen molar-refractivity contribution in [2.24, 2.45) is 0 Å². The minimum Gasteiger partial charge on any atom is -0.506 e. The third-order valence-corrected chi connectivity index (χ3v) is 2.03. The van der Waals surface area contributed by atoms with Crippen LogP contribution in [0.2, 0.25) is 10.3 Å². The van der Waals surface area contributed by atoms with Gasteiger partial charge in [0.05, 0.1) is 6.20 Å². The van der Waals surface area contributed by atoms with Gasteiger partial charge in [-0.1, -0.05) is 23.2 Å². The highest BCUT2D eigenvalue weighted by Gasteiger charge is 2.04.